The van der Waals surface area contributed by atoms with Crippen LogP contribution in [0.5, 0.6) is 0 Å². The molecular formula is C18H32IN3O2. The number of unbranched alkanes of at least 4 members (excludes halogenated alkanes) is 1. The average Bonchev–Trinajstić information content (AvgIpc) is 2.58. The first-order chi connectivity index (χ1) is 11.3. The first-order valence-electron chi connectivity index (χ1n) is 8.44. The quantitative estimate of drug-likeness (QED) is 0.236. The van der Waals surface area contributed by atoms with E-state index in [-0.39, 0.29) is 30.0 Å². The molecule has 1 aromatic carbocycles. The maximum atomic E-state index is 5.45. The molecule has 0 amide bonds. The monoisotopic (exact) mass is 449 g/mol. The third-order valence-electron chi connectivity index (χ3n) is 3.40. The fourth-order valence-corrected chi connectivity index (χ4v) is 2.10. The number of guanidine groups is 1. The Balaban J connectivity index is 0.00000529. The number of hydrogen-bond acceptors (Lipinski definition) is 3. The average molecular weight is 449 g/mol. The van der Waals surface area contributed by atoms with Crippen LogP contribution in [0.2, 0.25) is 0 Å². The van der Waals surface area contributed by atoms with Crippen molar-refractivity contribution in [3.05, 3.63) is 35.9 Å². The summed E-state index contributed by atoms with van der Waals surface area (Å²) in [5.41, 5.74) is 1.25. The lowest BCUT2D eigenvalue weighted by molar-refractivity contribution is 0.0690. The molecule has 6 heteroatoms. The van der Waals surface area contributed by atoms with Crippen LogP contribution in [-0.2, 0) is 9.47 Å². The van der Waals surface area contributed by atoms with Gasteiger partial charge in [-0.05, 0) is 32.3 Å². The van der Waals surface area contributed by atoms with Crippen molar-refractivity contribution in [2.45, 2.75) is 32.7 Å². The molecule has 0 fully saturated rings. The van der Waals surface area contributed by atoms with Crippen molar-refractivity contribution in [2.75, 3.05) is 40.0 Å². The largest absolute Gasteiger partial charge is 0.382 e. The van der Waals surface area contributed by atoms with E-state index in [9.17, 15) is 0 Å². The highest BCUT2D eigenvalue weighted by molar-refractivity contribution is 14.0. The highest BCUT2D eigenvalue weighted by Gasteiger charge is 2.06. The minimum absolute atomic E-state index is 0. The van der Waals surface area contributed by atoms with Crippen molar-refractivity contribution >= 4 is 29.9 Å². The summed E-state index contributed by atoms with van der Waals surface area (Å²) in [6, 6.07) is 10.6. The Morgan fingerprint density at radius 1 is 1.12 bits per heavy atom. The van der Waals surface area contributed by atoms with Crippen LogP contribution in [0.3, 0.4) is 0 Å². The Hall–Kier alpha value is -0.860. The van der Waals surface area contributed by atoms with Crippen LogP contribution in [0.4, 0.5) is 0 Å². The number of rotatable bonds is 11. The first kappa shape index (κ1) is 23.1. The van der Waals surface area contributed by atoms with Gasteiger partial charge in [-0.25, -0.2) is 0 Å². The Morgan fingerprint density at radius 3 is 2.54 bits per heavy atom. The number of nitrogens with one attached hydrogen (secondary N) is 2. The second kappa shape index (κ2) is 15.7. The van der Waals surface area contributed by atoms with Crippen LogP contribution in [0.15, 0.2) is 35.3 Å². The van der Waals surface area contributed by atoms with E-state index in [0.717, 1.165) is 38.5 Å². The highest BCUT2D eigenvalue weighted by atomic mass is 127. The fraction of sp³-hybridized carbons (Fsp3) is 0.611. The summed E-state index contributed by atoms with van der Waals surface area (Å²) < 4.78 is 10.4. The van der Waals surface area contributed by atoms with Gasteiger partial charge >= 0.3 is 0 Å². The lowest BCUT2D eigenvalue weighted by atomic mass is 10.1. The molecule has 5 nitrogen and oxygen atoms in total. The zero-order valence-electron chi connectivity index (χ0n) is 15.1. The predicted octanol–water partition coefficient (Wildman–Crippen LogP) is 3.36. The molecule has 138 valence electrons. The van der Waals surface area contributed by atoms with Crippen LogP contribution in [0.1, 0.15) is 38.3 Å². The normalized spacial score (nSPS) is 12.4. The third kappa shape index (κ3) is 10.8. The highest BCUT2D eigenvalue weighted by Crippen LogP contribution is 2.10. The summed E-state index contributed by atoms with van der Waals surface area (Å²) in [5, 5.41) is 6.74. The molecule has 0 aliphatic rings. The molecule has 1 rings (SSSR count). The lowest BCUT2D eigenvalue weighted by Gasteiger charge is -2.18. The molecule has 0 aliphatic carbocycles. The van der Waals surface area contributed by atoms with Crippen molar-refractivity contribution in [2.24, 2.45) is 4.99 Å². The molecule has 1 unspecified atom stereocenters. The molecule has 0 radical (unpaired) electrons. The van der Waals surface area contributed by atoms with Gasteiger partial charge in [0.1, 0.15) is 0 Å². The fourth-order valence-electron chi connectivity index (χ4n) is 2.10. The standard InChI is InChI=1S/C18H31N3O2.HI/c1-4-19-18(20-12-8-9-13-23-15-14-22-3)21-16(2)17-10-6-5-7-11-17;/h5-7,10-11,16H,4,8-9,12-15H2,1-3H3,(H2,19,20,21);1H. The second-order valence-electron chi connectivity index (χ2n) is 5.35. The van der Waals surface area contributed by atoms with Crippen LogP contribution in [0, 0.1) is 0 Å². The summed E-state index contributed by atoms with van der Waals surface area (Å²) in [6.45, 7) is 7.96. The zero-order valence-corrected chi connectivity index (χ0v) is 17.4. The van der Waals surface area contributed by atoms with Gasteiger partial charge in [0.05, 0.1) is 19.3 Å². The van der Waals surface area contributed by atoms with Gasteiger partial charge in [-0.1, -0.05) is 30.3 Å². The van der Waals surface area contributed by atoms with E-state index in [1.54, 1.807) is 7.11 Å². The van der Waals surface area contributed by atoms with Crippen molar-refractivity contribution in [3.63, 3.8) is 0 Å². The summed E-state index contributed by atoms with van der Waals surface area (Å²) in [7, 11) is 1.68. The topological polar surface area (TPSA) is 54.9 Å². The van der Waals surface area contributed by atoms with Crippen LogP contribution >= 0.6 is 24.0 Å². The molecule has 0 heterocycles. The number of nitrogens with zero attached hydrogens (tertiary/aromatic N) is 1. The van der Waals surface area contributed by atoms with E-state index in [2.05, 4.69) is 53.7 Å². The van der Waals surface area contributed by atoms with E-state index in [1.807, 2.05) is 6.07 Å². The van der Waals surface area contributed by atoms with Crippen molar-refractivity contribution in [1.29, 1.82) is 0 Å². The van der Waals surface area contributed by atoms with Crippen molar-refractivity contribution in [3.8, 4) is 0 Å². The molecule has 0 spiro atoms. The van der Waals surface area contributed by atoms with Crippen LogP contribution in [-0.4, -0.2) is 46.0 Å². The van der Waals surface area contributed by atoms with Gasteiger partial charge in [0, 0.05) is 26.8 Å². The van der Waals surface area contributed by atoms with Gasteiger partial charge in [-0.15, -0.1) is 24.0 Å². The first-order valence-corrected chi connectivity index (χ1v) is 8.44. The Labute approximate surface area is 163 Å². The second-order valence-corrected chi connectivity index (χ2v) is 5.35. The van der Waals surface area contributed by atoms with Crippen LogP contribution in [0.25, 0.3) is 0 Å². The smallest absolute Gasteiger partial charge is 0.191 e. The van der Waals surface area contributed by atoms with E-state index in [4.69, 9.17) is 9.47 Å². The predicted molar refractivity (Wildman–Crippen MR) is 111 cm³/mol. The number of benzene rings is 1. The number of halogens is 1. The Bertz CT molecular complexity index is 430. The summed E-state index contributed by atoms with van der Waals surface area (Å²) >= 11 is 0. The minimum atomic E-state index is 0. The molecule has 1 aromatic rings. The molecule has 0 aliphatic heterocycles. The number of ether oxygens (including phenoxy) is 2. The molecule has 0 aromatic heterocycles. The molecule has 0 bridgehead atoms. The third-order valence-corrected chi connectivity index (χ3v) is 3.40. The molecule has 1 atom stereocenters. The van der Waals surface area contributed by atoms with Gasteiger partial charge in [0.2, 0.25) is 0 Å². The maximum absolute atomic E-state index is 5.45. The Morgan fingerprint density at radius 2 is 1.88 bits per heavy atom. The zero-order chi connectivity index (χ0) is 16.8. The minimum Gasteiger partial charge on any atom is -0.382 e. The summed E-state index contributed by atoms with van der Waals surface area (Å²) in [5.74, 6) is 0.865. The summed E-state index contributed by atoms with van der Waals surface area (Å²) in [4.78, 5) is 4.63. The molecular weight excluding hydrogens is 417 g/mol. The number of methoxy groups -OCH3 is 1. The lowest BCUT2D eigenvalue weighted by Crippen LogP contribution is -2.38. The van der Waals surface area contributed by atoms with Crippen molar-refractivity contribution in [1.82, 2.24) is 10.6 Å². The SMILES string of the molecule is CCNC(=NCCCCOCCOC)NC(C)c1ccccc1.I. The van der Waals surface area contributed by atoms with Crippen LogP contribution < -0.4 is 10.6 Å². The van der Waals surface area contributed by atoms with Gasteiger partial charge in [0.15, 0.2) is 5.96 Å². The van der Waals surface area contributed by atoms with Gasteiger partial charge in [-0.3, -0.25) is 4.99 Å². The maximum Gasteiger partial charge on any atom is 0.191 e. The van der Waals surface area contributed by atoms with E-state index < -0.39 is 0 Å². The number of aliphatic imine (C=N–C) groups is 1. The molecule has 2 N–H and O–H groups in total. The molecule has 0 saturated heterocycles. The molecule has 24 heavy (non-hydrogen) atoms. The van der Waals surface area contributed by atoms with E-state index in [1.165, 1.54) is 5.56 Å². The molecule has 0 saturated carbocycles. The summed E-state index contributed by atoms with van der Waals surface area (Å²) in [6.07, 6.45) is 2.03. The van der Waals surface area contributed by atoms with Gasteiger partial charge in [-0.2, -0.15) is 0 Å². The van der Waals surface area contributed by atoms with E-state index in [0.29, 0.717) is 13.2 Å². The Kier molecular flexibility index (Phi) is 15.1. The van der Waals surface area contributed by atoms with Gasteiger partial charge in [0.25, 0.3) is 0 Å². The van der Waals surface area contributed by atoms with Gasteiger partial charge < -0.3 is 20.1 Å². The van der Waals surface area contributed by atoms with E-state index >= 15 is 0 Å². The number of hydrogen-bond donors (Lipinski definition) is 2. The van der Waals surface area contributed by atoms with Crippen molar-refractivity contribution < 1.29 is 9.47 Å².